The lowest BCUT2D eigenvalue weighted by molar-refractivity contribution is -0.132. The van der Waals surface area contributed by atoms with Gasteiger partial charge in [-0.15, -0.1) is 0 Å². The first kappa shape index (κ1) is 22.6. The zero-order valence-electron chi connectivity index (χ0n) is 18.7. The first-order chi connectivity index (χ1) is 15.7. The molecule has 1 aliphatic heterocycles. The lowest BCUT2D eigenvalue weighted by Crippen LogP contribution is -2.30. The smallest absolute Gasteiger partial charge is 0.300 e. The maximum atomic E-state index is 13.3. The molecule has 4 rings (SSSR count). The highest BCUT2D eigenvalue weighted by Crippen LogP contribution is 2.44. The molecule has 0 radical (unpaired) electrons. The van der Waals surface area contributed by atoms with Gasteiger partial charge in [0.15, 0.2) is 0 Å². The van der Waals surface area contributed by atoms with Gasteiger partial charge >= 0.3 is 0 Å². The molecule has 2 aromatic carbocycles. The summed E-state index contributed by atoms with van der Waals surface area (Å²) in [5, 5.41) is 11.9. The van der Waals surface area contributed by atoms with Crippen LogP contribution in [0, 0.1) is 20.8 Å². The molecule has 0 aliphatic carbocycles. The Bertz CT molecular complexity index is 1300. The number of anilines is 1. The molecule has 2 heterocycles. The number of carbonyl (C=O) groups excluding carboxylic acids is 2. The van der Waals surface area contributed by atoms with Gasteiger partial charge in [0.05, 0.1) is 24.3 Å². The van der Waals surface area contributed by atoms with Gasteiger partial charge in [0.1, 0.15) is 11.5 Å². The third-order valence-electron chi connectivity index (χ3n) is 5.75. The number of aliphatic hydroxyl groups excluding tert-OH is 1. The van der Waals surface area contributed by atoms with E-state index in [1.807, 2.05) is 26.8 Å². The molecule has 6 nitrogen and oxygen atoms in total. The number of nitrogens with zero attached hydrogens (tertiary/aromatic N) is 2. The number of amides is 1. The molecule has 1 fully saturated rings. The molecule has 33 heavy (non-hydrogen) atoms. The van der Waals surface area contributed by atoms with Crippen LogP contribution < -0.4 is 9.64 Å². The highest BCUT2D eigenvalue weighted by molar-refractivity contribution is 6.52. The van der Waals surface area contributed by atoms with Crippen LogP contribution in [0.4, 0.5) is 5.69 Å². The van der Waals surface area contributed by atoms with Crippen LogP contribution in [0.15, 0.2) is 60.4 Å². The van der Waals surface area contributed by atoms with Crippen LogP contribution in [0.2, 0.25) is 5.02 Å². The number of aryl methyl sites for hydroxylation is 3. The molecule has 0 spiro atoms. The monoisotopic (exact) mass is 462 g/mol. The van der Waals surface area contributed by atoms with Gasteiger partial charge in [0.2, 0.25) is 0 Å². The van der Waals surface area contributed by atoms with Gasteiger partial charge in [-0.05, 0) is 67.3 Å². The fourth-order valence-corrected chi connectivity index (χ4v) is 4.49. The minimum absolute atomic E-state index is 0.0318. The quantitative estimate of drug-likeness (QED) is 0.323. The maximum absolute atomic E-state index is 13.3. The lowest BCUT2D eigenvalue weighted by atomic mass is 9.94. The van der Waals surface area contributed by atoms with E-state index in [0.717, 1.165) is 16.7 Å². The number of ketones is 1. The number of aliphatic hydroxyl groups is 1. The Morgan fingerprint density at radius 3 is 2.52 bits per heavy atom. The second-order valence-electron chi connectivity index (χ2n) is 8.05. The van der Waals surface area contributed by atoms with Crippen molar-refractivity contribution in [2.75, 3.05) is 12.0 Å². The summed E-state index contributed by atoms with van der Waals surface area (Å²) in [6.45, 7) is 5.57. The van der Waals surface area contributed by atoms with Gasteiger partial charge in [-0.2, -0.15) is 0 Å². The van der Waals surface area contributed by atoms with Crippen LogP contribution in [0.5, 0.6) is 5.75 Å². The number of aromatic nitrogens is 1. The lowest BCUT2D eigenvalue weighted by Gasteiger charge is -2.27. The topological polar surface area (TPSA) is 79.7 Å². The molecule has 1 atom stereocenters. The number of ether oxygens (including phenoxy) is 1. The molecule has 0 saturated carbocycles. The van der Waals surface area contributed by atoms with E-state index in [9.17, 15) is 14.7 Å². The molecule has 3 aromatic rings. The molecule has 1 saturated heterocycles. The minimum Gasteiger partial charge on any atom is -0.507 e. The predicted molar refractivity (Wildman–Crippen MR) is 128 cm³/mol. The first-order valence-corrected chi connectivity index (χ1v) is 10.7. The fraction of sp³-hybridized carbons (Fsp3) is 0.192. The summed E-state index contributed by atoms with van der Waals surface area (Å²) in [7, 11) is 1.50. The van der Waals surface area contributed by atoms with Crippen LogP contribution in [-0.4, -0.2) is 28.9 Å². The Kier molecular flexibility index (Phi) is 5.95. The van der Waals surface area contributed by atoms with Gasteiger partial charge in [-0.3, -0.25) is 19.5 Å². The molecule has 1 aliphatic rings. The third kappa shape index (κ3) is 3.87. The molecule has 168 valence electrons. The molecular weight excluding hydrogens is 440 g/mol. The van der Waals surface area contributed by atoms with Crippen LogP contribution in [0.25, 0.3) is 5.76 Å². The second-order valence-corrected chi connectivity index (χ2v) is 8.49. The predicted octanol–water partition coefficient (Wildman–Crippen LogP) is 5.30. The summed E-state index contributed by atoms with van der Waals surface area (Å²) in [6, 6.07) is 11.4. The number of hydrogen-bond donors (Lipinski definition) is 1. The highest BCUT2D eigenvalue weighted by atomic mass is 35.5. The Hall–Kier alpha value is -3.64. The molecule has 7 heteroatoms. The normalized spacial score (nSPS) is 17.5. The van der Waals surface area contributed by atoms with Crippen molar-refractivity contribution in [1.82, 2.24) is 4.98 Å². The molecule has 1 amide bonds. The van der Waals surface area contributed by atoms with Crippen LogP contribution in [-0.2, 0) is 9.59 Å². The van der Waals surface area contributed by atoms with Crippen molar-refractivity contribution >= 4 is 34.7 Å². The fourth-order valence-electron chi connectivity index (χ4n) is 4.32. The van der Waals surface area contributed by atoms with Crippen molar-refractivity contribution in [2.45, 2.75) is 26.8 Å². The maximum Gasteiger partial charge on any atom is 0.300 e. The Morgan fingerprint density at radius 1 is 1.09 bits per heavy atom. The zero-order chi connectivity index (χ0) is 23.9. The van der Waals surface area contributed by atoms with E-state index < -0.39 is 17.7 Å². The molecule has 1 N–H and O–H groups in total. The Morgan fingerprint density at radius 2 is 1.85 bits per heavy atom. The zero-order valence-corrected chi connectivity index (χ0v) is 19.5. The van der Waals surface area contributed by atoms with E-state index in [1.54, 1.807) is 48.8 Å². The van der Waals surface area contributed by atoms with E-state index in [0.29, 0.717) is 27.6 Å². The van der Waals surface area contributed by atoms with Crippen LogP contribution >= 0.6 is 11.6 Å². The summed E-state index contributed by atoms with van der Waals surface area (Å²) in [4.78, 5) is 32.2. The average Bonchev–Trinajstić information content (AvgIpc) is 3.05. The standard InChI is InChI=1S/C26H23ClN2O4/c1-14-10-16(3)25(33-4)19(11-14)23(30)21-22(17-6-5-9-28-13-17)29(26(32)24(21)31)20-12-18(27)8-7-15(20)2/h5-13,22,30H,1-4H3/b23-21+. The molecule has 0 bridgehead atoms. The summed E-state index contributed by atoms with van der Waals surface area (Å²) < 4.78 is 5.53. The van der Waals surface area contributed by atoms with Crippen molar-refractivity contribution in [3.8, 4) is 5.75 Å². The average molecular weight is 463 g/mol. The number of carbonyl (C=O) groups is 2. The van der Waals surface area contributed by atoms with Crippen molar-refractivity contribution in [3.05, 3.63) is 93.3 Å². The van der Waals surface area contributed by atoms with E-state index >= 15 is 0 Å². The van der Waals surface area contributed by atoms with Crippen LogP contribution in [0.1, 0.15) is 33.9 Å². The van der Waals surface area contributed by atoms with Gasteiger partial charge in [-0.1, -0.05) is 29.8 Å². The number of benzene rings is 2. The highest BCUT2D eigenvalue weighted by Gasteiger charge is 2.47. The van der Waals surface area contributed by atoms with Crippen molar-refractivity contribution in [1.29, 1.82) is 0 Å². The van der Waals surface area contributed by atoms with Crippen molar-refractivity contribution < 1.29 is 19.4 Å². The number of methoxy groups -OCH3 is 1. The first-order valence-electron chi connectivity index (χ1n) is 10.4. The molecular formula is C26H23ClN2O4. The SMILES string of the molecule is COc1c(C)cc(C)cc1/C(O)=C1\C(=O)C(=O)N(c2cc(Cl)ccc2C)C1c1cccnc1. The summed E-state index contributed by atoms with van der Waals surface area (Å²) in [5.41, 5.74) is 3.84. The number of Topliss-reactive ketones (excluding diaryl/α,β-unsaturated/α-hetero) is 1. The Balaban J connectivity index is 2.03. The van der Waals surface area contributed by atoms with E-state index in [2.05, 4.69) is 4.98 Å². The van der Waals surface area contributed by atoms with E-state index in [4.69, 9.17) is 16.3 Å². The van der Waals surface area contributed by atoms with E-state index in [1.165, 1.54) is 12.0 Å². The van der Waals surface area contributed by atoms with E-state index in [-0.39, 0.29) is 11.3 Å². The number of hydrogen-bond acceptors (Lipinski definition) is 5. The second kappa shape index (κ2) is 8.71. The third-order valence-corrected chi connectivity index (χ3v) is 5.99. The van der Waals surface area contributed by atoms with Gasteiger partial charge in [0, 0.05) is 23.1 Å². The van der Waals surface area contributed by atoms with Gasteiger partial charge < -0.3 is 9.84 Å². The number of halogens is 1. The Labute approximate surface area is 197 Å². The number of rotatable bonds is 4. The van der Waals surface area contributed by atoms with Gasteiger partial charge in [-0.25, -0.2) is 0 Å². The van der Waals surface area contributed by atoms with Crippen molar-refractivity contribution in [3.63, 3.8) is 0 Å². The molecule has 1 aromatic heterocycles. The van der Waals surface area contributed by atoms with Crippen molar-refractivity contribution in [2.24, 2.45) is 0 Å². The molecule has 1 unspecified atom stereocenters. The summed E-state index contributed by atoms with van der Waals surface area (Å²) >= 11 is 6.23. The van der Waals surface area contributed by atoms with Gasteiger partial charge in [0.25, 0.3) is 11.7 Å². The summed E-state index contributed by atoms with van der Waals surface area (Å²) in [5.74, 6) is -1.40. The number of pyridine rings is 1. The van der Waals surface area contributed by atoms with Crippen LogP contribution in [0.3, 0.4) is 0 Å². The summed E-state index contributed by atoms with van der Waals surface area (Å²) in [6.07, 6.45) is 3.18. The minimum atomic E-state index is -0.888. The largest absolute Gasteiger partial charge is 0.507 e.